The first-order valence-electron chi connectivity index (χ1n) is 3.04. The van der Waals surface area contributed by atoms with Gasteiger partial charge in [0, 0.05) is 21.3 Å². The number of hydrogen-bond donors (Lipinski definition) is 0. The Morgan fingerprint density at radius 2 is 2.17 bits per heavy atom. The Morgan fingerprint density at radius 3 is 2.67 bits per heavy atom. The van der Waals surface area contributed by atoms with Gasteiger partial charge < -0.3 is 0 Å². The lowest BCUT2D eigenvalue weighted by atomic mass is 10.2. The van der Waals surface area contributed by atoms with Gasteiger partial charge in [-0.2, -0.15) is 0 Å². The molecule has 0 aliphatic carbocycles. The third-order valence-electron chi connectivity index (χ3n) is 1.32. The number of hydrogen-bond acceptors (Lipinski definition) is 3. The highest BCUT2D eigenvalue weighted by molar-refractivity contribution is 14.1. The van der Waals surface area contributed by atoms with Crippen molar-refractivity contribution in [2.75, 3.05) is 0 Å². The second-order valence-corrected chi connectivity index (χ2v) is 3.24. The number of nitro benzene ring substituents is 1. The summed E-state index contributed by atoms with van der Waals surface area (Å²) in [6, 6.07) is 4.17. The van der Waals surface area contributed by atoms with Crippen LogP contribution in [-0.4, -0.2) is 11.2 Å². The van der Waals surface area contributed by atoms with Crippen molar-refractivity contribution in [1.82, 2.24) is 0 Å². The molecule has 0 bridgehead atoms. The minimum atomic E-state index is -0.525. The van der Waals surface area contributed by atoms with Gasteiger partial charge in [0.1, 0.15) is 0 Å². The van der Waals surface area contributed by atoms with Crippen molar-refractivity contribution in [1.29, 1.82) is 0 Å². The monoisotopic (exact) mass is 277 g/mol. The molecule has 0 fully saturated rings. The fraction of sp³-hybridized carbons (Fsp3) is 0. The lowest BCUT2D eigenvalue weighted by Gasteiger charge is -1.94. The predicted octanol–water partition coefficient (Wildman–Crippen LogP) is 2.01. The van der Waals surface area contributed by atoms with E-state index in [4.69, 9.17) is 0 Å². The molecule has 1 aromatic carbocycles. The van der Waals surface area contributed by atoms with Crippen molar-refractivity contribution >= 4 is 34.6 Å². The Balaban J connectivity index is 3.22. The van der Waals surface area contributed by atoms with E-state index in [9.17, 15) is 14.9 Å². The third kappa shape index (κ3) is 1.79. The van der Waals surface area contributed by atoms with Gasteiger partial charge in [0.25, 0.3) is 5.69 Å². The maximum atomic E-state index is 10.4. The number of nitrogens with zero attached hydrogens (tertiary/aromatic N) is 1. The van der Waals surface area contributed by atoms with Crippen LogP contribution in [0.1, 0.15) is 10.4 Å². The van der Waals surface area contributed by atoms with Crippen LogP contribution in [0.2, 0.25) is 0 Å². The molecule has 1 aromatic rings. The minimum Gasteiger partial charge on any atom is -0.298 e. The van der Waals surface area contributed by atoms with Gasteiger partial charge in [-0.25, -0.2) is 0 Å². The summed E-state index contributed by atoms with van der Waals surface area (Å²) in [5.41, 5.74) is 0.294. The topological polar surface area (TPSA) is 60.2 Å². The maximum Gasteiger partial charge on any atom is 0.270 e. The van der Waals surface area contributed by atoms with Crippen LogP contribution in [0.4, 0.5) is 5.69 Å². The van der Waals surface area contributed by atoms with Crippen molar-refractivity contribution < 1.29 is 9.72 Å². The van der Waals surface area contributed by atoms with Crippen molar-refractivity contribution in [3.05, 3.63) is 37.4 Å². The molecule has 4 nitrogen and oxygen atoms in total. The molecule has 0 heterocycles. The summed E-state index contributed by atoms with van der Waals surface area (Å²) < 4.78 is 0.716. The number of halogens is 1. The van der Waals surface area contributed by atoms with E-state index in [1.165, 1.54) is 12.1 Å². The highest BCUT2D eigenvalue weighted by Gasteiger charge is 2.07. The smallest absolute Gasteiger partial charge is 0.270 e. The third-order valence-corrected chi connectivity index (χ3v) is 2.30. The largest absolute Gasteiger partial charge is 0.298 e. The number of non-ortho nitro benzene ring substituents is 1. The van der Waals surface area contributed by atoms with E-state index >= 15 is 0 Å². The van der Waals surface area contributed by atoms with Crippen LogP contribution >= 0.6 is 22.6 Å². The summed E-state index contributed by atoms with van der Waals surface area (Å²) in [5.74, 6) is 0. The number of rotatable bonds is 2. The zero-order chi connectivity index (χ0) is 9.14. The lowest BCUT2D eigenvalue weighted by Crippen LogP contribution is -1.91. The second-order valence-electron chi connectivity index (χ2n) is 2.08. The SMILES string of the molecule is O=Cc1cc([N+](=O)[O-])ccc1I. The molecule has 0 aliphatic rings. The van der Waals surface area contributed by atoms with Crippen LogP contribution in [-0.2, 0) is 0 Å². The normalized spacial score (nSPS) is 9.42. The molecule has 0 unspecified atom stereocenters. The summed E-state index contributed by atoms with van der Waals surface area (Å²) >= 11 is 1.95. The zero-order valence-corrected chi connectivity index (χ0v) is 8.02. The van der Waals surface area contributed by atoms with Crippen LogP contribution in [0.15, 0.2) is 18.2 Å². The summed E-state index contributed by atoms with van der Waals surface area (Å²) in [5, 5.41) is 10.3. The number of carbonyl (C=O) groups is 1. The first-order chi connectivity index (χ1) is 5.65. The van der Waals surface area contributed by atoms with E-state index in [2.05, 4.69) is 0 Å². The summed E-state index contributed by atoms with van der Waals surface area (Å²) in [4.78, 5) is 20.1. The average Bonchev–Trinajstić information content (AvgIpc) is 2.05. The molecular weight excluding hydrogens is 273 g/mol. The first-order valence-corrected chi connectivity index (χ1v) is 4.12. The molecule has 0 radical (unpaired) electrons. The average molecular weight is 277 g/mol. The van der Waals surface area contributed by atoms with Gasteiger partial charge in [-0.05, 0) is 28.7 Å². The zero-order valence-electron chi connectivity index (χ0n) is 5.86. The quantitative estimate of drug-likeness (QED) is 0.359. The maximum absolute atomic E-state index is 10.4. The van der Waals surface area contributed by atoms with E-state index in [0.29, 0.717) is 15.4 Å². The molecule has 0 aromatic heterocycles. The standard InChI is InChI=1S/C7H4INO3/c8-7-2-1-6(9(11)12)3-5(7)4-10/h1-4H. The molecule has 0 aliphatic heterocycles. The number of benzene rings is 1. The Hall–Kier alpha value is -0.980. The van der Waals surface area contributed by atoms with Crippen LogP contribution < -0.4 is 0 Å². The highest BCUT2D eigenvalue weighted by atomic mass is 127. The molecule has 0 spiro atoms. The van der Waals surface area contributed by atoms with E-state index < -0.39 is 4.92 Å². The molecule has 0 amide bonds. The van der Waals surface area contributed by atoms with Crippen LogP contribution in [0.5, 0.6) is 0 Å². The first kappa shape index (κ1) is 9.11. The molecular formula is C7H4INO3. The molecule has 0 saturated carbocycles. The summed E-state index contributed by atoms with van der Waals surface area (Å²) in [6.45, 7) is 0. The van der Waals surface area contributed by atoms with Crippen LogP contribution in [0, 0.1) is 13.7 Å². The molecule has 62 valence electrons. The van der Waals surface area contributed by atoms with Crippen LogP contribution in [0.3, 0.4) is 0 Å². The van der Waals surface area contributed by atoms with Crippen molar-refractivity contribution in [2.24, 2.45) is 0 Å². The highest BCUT2D eigenvalue weighted by Crippen LogP contribution is 2.17. The molecule has 0 atom stereocenters. The Labute approximate surface area is 81.9 Å². The molecule has 5 heteroatoms. The number of carbonyl (C=O) groups excluding carboxylic acids is 1. The van der Waals surface area contributed by atoms with E-state index in [1.807, 2.05) is 22.6 Å². The Bertz CT molecular complexity index is 337. The summed E-state index contributed by atoms with van der Waals surface area (Å²) in [6.07, 6.45) is 0.606. The number of aldehydes is 1. The van der Waals surface area contributed by atoms with Gasteiger partial charge >= 0.3 is 0 Å². The Kier molecular flexibility index (Phi) is 2.74. The predicted molar refractivity (Wildman–Crippen MR) is 51.2 cm³/mol. The van der Waals surface area contributed by atoms with Gasteiger partial charge in [-0.15, -0.1) is 0 Å². The molecule has 1 rings (SSSR count). The van der Waals surface area contributed by atoms with Gasteiger partial charge in [0.05, 0.1) is 4.92 Å². The molecule has 12 heavy (non-hydrogen) atoms. The van der Waals surface area contributed by atoms with Gasteiger partial charge in [0.2, 0.25) is 0 Å². The van der Waals surface area contributed by atoms with Gasteiger partial charge in [0.15, 0.2) is 6.29 Å². The lowest BCUT2D eigenvalue weighted by molar-refractivity contribution is -0.384. The Morgan fingerprint density at radius 1 is 1.50 bits per heavy atom. The molecule has 0 N–H and O–H groups in total. The summed E-state index contributed by atoms with van der Waals surface area (Å²) in [7, 11) is 0. The van der Waals surface area contributed by atoms with Gasteiger partial charge in [-0.3, -0.25) is 14.9 Å². The van der Waals surface area contributed by atoms with Gasteiger partial charge in [-0.1, -0.05) is 0 Å². The fourth-order valence-corrected chi connectivity index (χ4v) is 1.20. The second kappa shape index (κ2) is 3.61. The van der Waals surface area contributed by atoms with Crippen molar-refractivity contribution in [3.63, 3.8) is 0 Å². The minimum absolute atomic E-state index is 0.0579. The van der Waals surface area contributed by atoms with Crippen molar-refractivity contribution in [3.8, 4) is 0 Å². The van der Waals surface area contributed by atoms with E-state index in [-0.39, 0.29) is 5.69 Å². The molecule has 0 saturated heterocycles. The van der Waals surface area contributed by atoms with Crippen molar-refractivity contribution in [2.45, 2.75) is 0 Å². The van der Waals surface area contributed by atoms with E-state index in [0.717, 1.165) is 0 Å². The number of nitro groups is 1. The van der Waals surface area contributed by atoms with Crippen LogP contribution in [0.25, 0.3) is 0 Å². The fourth-order valence-electron chi connectivity index (χ4n) is 0.735. The van der Waals surface area contributed by atoms with E-state index in [1.54, 1.807) is 6.07 Å².